The van der Waals surface area contributed by atoms with Gasteiger partial charge in [-0.15, -0.1) is 0 Å². The Morgan fingerprint density at radius 2 is 0.925 bits per heavy atom. The minimum Gasteiger partial charge on any atom is -0.456 e. The van der Waals surface area contributed by atoms with Gasteiger partial charge in [-0.3, -0.25) is 0 Å². The van der Waals surface area contributed by atoms with E-state index in [2.05, 4.69) is 0 Å². The van der Waals surface area contributed by atoms with Crippen LogP contribution in [0.5, 0.6) is 0 Å². The number of hydrogen-bond acceptors (Lipinski definition) is 1. The summed E-state index contributed by atoms with van der Waals surface area (Å²) in [5, 5.41) is -0.0389. The van der Waals surface area contributed by atoms with Gasteiger partial charge in [-0.1, -0.05) is 175 Å². The van der Waals surface area contributed by atoms with Gasteiger partial charge in [-0.25, -0.2) is 0 Å². The molecule has 0 atom stereocenters. The van der Waals surface area contributed by atoms with E-state index < -0.39 is 164 Å². The molecule has 0 amide bonds. The van der Waals surface area contributed by atoms with Gasteiger partial charge in [0.15, 0.2) is 0 Å². The SMILES string of the molecule is [2H]c1c([2H])c([2H])c(-c2c3c([2H])c([2H])c([2H])c([2H])c3c(-c3c([2H])c([2H])c(-c4cccc5oc6ccc(-c7cccc8ccccc78)cc6c45)c4c([2H])c([2H])c([2H])c([2H])c34)c3c([2H])c([2H])c([2H])c([2H])c23)c([2H])c1[2H]. The third-order valence-corrected chi connectivity index (χ3v) is 9.74. The average Bonchev–Trinajstić information content (AvgIpc) is 3.76. The Morgan fingerprint density at radius 3 is 1.68 bits per heavy atom. The first-order chi connectivity index (χ1) is 34.2. The summed E-state index contributed by atoms with van der Waals surface area (Å²) >= 11 is 0. The molecule has 0 spiro atoms. The van der Waals surface area contributed by atoms with Gasteiger partial charge in [0.2, 0.25) is 0 Å². The van der Waals surface area contributed by atoms with Gasteiger partial charge in [0.05, 0.1) is 26.0 Å². The summed E-state index contributed by atoms with van der Waals surface area (Å²) in [4.78, 5) is 0. The second-order valence-corrected chi connectivity index (χ2v) is 12.5. The second kappa shape index (κ2) is 11.8. The number of fused-ring (bicyclic) bond motifs is 7. The normalized spacial score (nSPS) is 16.8. The summed E-state index contributed by atoms with van der Waals surface area (Å²) in [5.41, 5.74) is 0.292. The third-order valence-electron chi connectivity index (χ3n) is 9.74. The number of rotatable bonds is 4. The van der Waals surface area contributed by atoms with E-state index in [1.807, 2.05) is 54.6 Å². The Morgan fingerprint density at radius 1 is 0.340 bits per heavy atom. The van der Waals surface area contributed by atoms with Crippen molar-refractivity contribution in [2.45, 2.75) is 0 Å². The molecule has 0 saturated carbocycles. The molecule has 0 fully saturated rings. The fourth-order valence-electron chi connectivity index (χ4n) is 7.51. The molecule has 11 rings (SSSR count). The van der Waals surface area contributed by atoms with Crippen molar-refractivity contribution in [2.24, 2.45) is 0 Å². The van der Waals surface area contributed by atoms with Crippen LogP contribution >= 0.6 is 0 Å². The van der Waals surface area contributed by atoms with Crippen molar-refractivity contribution in [3.63, 3.8) is 0 Å². The summed E-state index contributed by atoms with van der Waals surface area (Å²) in [5.74, 6) is 0. The molecule has 0 aliphatic rings. The van der Waals surface area contributed by atoms with Gasteiger partial charge in [0.1, 0.15) is 11.2 Å². The lowest BCUT2D eigenvalue weighted by Crippen LogP contribution is -1.92. The quantitative estimate of drug-likeness (QED) is 0.167. The molecule has 0 bridgehead atoms. The smallest absolute Gasteiger partial charge is 0.136 e. The Labute approximate surface area is 333 Å². The van der Waals surface area contributed by atoms with Crippen molar-refractivity contribution in [1.29, 1.82) is 0 Å². The van der Waals surface area contributed by atoms with Crippen LogP contribution < -0.4 is 0 Å². The van der Waals surface area contributed by atoms with E-state index in [0.29, 0.717) is 21.9 Å². The number of benzene rings is 10. The molecular formula is C52H32O. The molecule has 11 aromatic rings. The molecule has 53 heavy (non-hydrogen) atoms. The first-order valence-electron chi connectivity index (χ1n) is 26.2. The van der Waals surface area contributed by atoms with E-state index in [1.54, 1.807) is 24.3 Å². The number of hydrogen-bond donors (Lipinski definition) is 0. The van der Waals surface area contributed by atoms with Gasteiger partial charge in [-0.05, 0) is 106 Å². The Kier molecular flexibility index (Phi) is 3.69. The molecule has 1 aromatic heterocycles. The van der Waals surface area contributed by atoms with Crippen LogP contribution in [0.4, 0.5) is 0 Å². The monoisotopic (exact) mass is 691 g/mol. The summed E-state index contributed by atoms with van der Waals surface area (Å²) in [6.45, 7) is 0. The van der Waals surface area contributed by atoms with Crippen molar-refractivity contribution in [2.75, 3.05) is 0 Å². The lowest BCUT2D eigenvalue weighted by molar-refractivity contribution is 0.669. The number of furan rings is 1. The van der Waals surface area contributed by atoms with Gasteiger partial charge >= 0.3 is 0 Å². The molecule has 0 unspecified atom stereocenters. The first kappa shape index (κ1) is 16.6. The molecule has 0 aliphatic carbocycles. The third kappa shape index (κ3) is 4.58. The summed E-state index contributed by atoms with van der Waals surface area (Å²) in [6.07, 6.45) is 0. The van der Waals surface area contributed by atoms with Crippen molar-refractivity contribution in [3.05, 3.63) is 194 Å². The maximum absolute atomic E-state index is 10.0. The van der Waals surface area contributed by atoms with Crippen molar-refractivity contribution >= 4 is 65.0 Å². The lowest BCUT2D eigenvalue weighted by atomic mass is 9.83. The predicted molar refractivity (Wildman–Crippen MR) is 225 cm³/mol. The van der Waals surface area contributed by atoms with Gasteiger partial charge in [-0.2, -0.15) is 0 Å². The highest BCUT2D eigenvalue weighted by Crippen LogP contribution is 2.47. The molecule has 1 heteroatoms. The highest BCUT2D eigenvalue weighted by atomic mass is 16.3. The maximum Gasteiger partial charge on any atom is 0.136 e. The molecule has 0 saturated heterocycles. The highest BCUT2D eigenvalue weighted by molar-refractivity contribution is 6.25. The minimum atomic E-state index is -0.872. The van der Waals surface area contributed by atoms with Crippen LogP contribution in [-0.4, -0.2) is 0 Å². The molecule has 0 aliphatic heterocycles. The minimum absolute atomic E-state index is 0.136. The van der Waals surface area contributed by atoms with Crippen LogP contribution in [0.1, 0.15) is 26.0 Å². The molecule has 10 aromatic carbocycles. The Bertz CT molecular complexity index is 4220. The van der Waals surface area contributed by atoms with Crippen LogP contribution in [-0.2, 0) is 0 Å². The highest BCUT2D eigenvalue weighted by Gasteiger charge is 2.20. The first-order valence-corrected chi connectivity index (χ1v) is 16.7. The summed E-state index contributed by atoms with van der Waals surface area (Å²) in [6, 6.07) is 8.89. The van der Waals surface area contributed by atoms with Crippen LogP contribution in [0.3, 0.4) is 0 Å². The zero-order chi connectivity index (χ0) is 51.4. The maximum atomic E-state index is 10.0. The lowest BCUT2D eigenvalue weighted by Gasteiger charge is -2.19. The van der Waals surface area contributed by atoms with E-state index in [4.69, 9.17) is 19.5 Å². The largest absolute Gasteiger partial charge is 0.456 e. The predicted octanol–water partition coefficient (Wildman–Crippen LogP) is 14.9. The van der Waals surface area contributed by atoms with Crippen molar-refractivity contribution in [3.8, 4) is 44.5 Å². The van der Waals surface area contributed by atoms with E-state index in [-0.39, 0.29) is 16.5 Å². The van der Waals surface area contributed by atoms with Crippen LogP contribution in [0.25, 0.3) is 110 Å². The fourth-order valence-corrected chi connectivity index (χ4v) is 7.51. The zero-order valence-electron chi connectivity index (χ0n) is 46.4. The molecule has 1 heterocycles. The summed E-state index contributed by atoms with van der Waals surface area (Å²) < 4.78 is 180. The molecular weight excluding hydrogens is 641 g/mol. The Balaban J connectivity index is 1.37. The van der Waals surface area contributed by atoms with Crippen LogP contribution in [0, 0.1) is 0 Å². The van der Waals surface area contributed by atoms with E-state index in [1.165, 1.54) is 0 Å². The van der Waals surface area contributed by atoms with Crippen LogP contribution in [0.15, 0.2) is 198 Å². The summed E-state index contributed by atoms with van der Waals surface area (Å²) in [7, 11) is 0. The van der Waals surface area contributed by atoms with Crippen LogP contribution in [0.2, 0.25) is 0 Å². The average molecular weight is 692 g/mol. The van der Waals surface area contributed by atoms with Gasteiger partial charge in [0.25, 0.3) is 0 Å². The molecule has 0 radical (unpaired) electrons. The second-order valence-electron chi connectivity index (χ2n) is 12.5. The van der Waals surface area contributed by atoms with Gasteiger partial charge < -0.3 is 4.42 Å². The van der Waals surface area contributed by atoms with E-state index in [9.17, 15) is 11.0 Å². The topological polar surface area (TPSA) is 13.1 Å². The Hall–Kier alpha value is -6.96. The van der Waals surface area contributed by atoms with Crippen molar-refractivity contribution in [1.82, 2.24) is 0 Å². The molecule has 246 valence electrons. The van der Waals surface area contributed by atoms with E-state index >= 15 is 0 Å². The molecule has 1 nitrogen and oxygen atoms in total. The van der Waals surface area contributed by atoms with E-state index in [0.717, 1.165) is 21.9 Å². The van der Waals surface area contributed by atoms with Gasteiger partial charge in [0, 0.05) is 10.8 Å². The zero-order valence-corrected chi connectivity index (χ0v) is 27.4. The fraction of sp³-hybridized carbons (Fsp3) is 0. The standard InChI is InChI=1S/C52H32O/c1-2-15-34(16-3-1)50-42-21-8-10-23-44(42)51(45-24-11-9-22-43(45)50)46-30-29-40(38-19-6-7-20-39(38)46)41-26-13-27-49-52(41)47-32-35(28-31-48(47)53-49)37-25-12-17-33-14-4-5-18-36(33)37/h1-32H/i1D,2D,3D,6D,7D,8D,9D,10D,11D,15D,16D,19D,20D,21D,22D,23D,24D,29D,30D. The molecule has 0 N–H and O–H groups in total. The van der Waals surface area contributed by atoms with Crippen molar-refractivity contribution < 1.29 is 30.5 Å².